The van der Waals surface area contributed by atoms with Gasteiger partial charge in [0.1, 0.15) is 17.2 Å². The van der Waals surface area contributed by atoms with E-state index in [1.54, 1.807) is 20.8 Å². The highest BCUT2D eigenvalue weighted by Crippen LogP contribution is 2.53. The highest BCUT2D eigenvalue weighted by molar-refractivity contribution is 6.30. The highest BCUT2D eigenvalue weighted by atomic mass is 35.5. The number of ether oxygens (including phenoxy) is 2. The van der Waals surface area contributed by atoms with Crippen molar-refractivity contribution in [2.45, 2.75) is 44.6 Å². The number of esters is 1. The molecule has 20 heavy (non-hydrogen) atoms. The zero-order valence-corrected chi connectivity index (χ0v) is 12.8. The topological polar surface area (TPSA) is 35.5 Å². The molecule has 1 aromatic carbocycles. The molecule has 1 fully saturated rings. The number of hydrogen-bond donors (Lipinski definition) is 0. The van der Waals surface area contributed by atoms with Gasteiger partial charge < -0.3 is 9.47 Å². The lowest BCUT2D eigenvalue weighted by atomic mass is 9.94. The van der Waals surface area contributed by atoms with E-state index in [1.165, 1.54) is 19.2 Å². The second-order valence-corrected chi connectivity index (χ2v) is 6.46. The van der Waals surface area contributed by atoms with Gasteiger partial charge in [-0.1, -0.05) is 11.6 Å². The van der Waals surface area contributed by atoms with E-state index < -0.39 is 16.8 Å². The summed E-state index contributed by atoms with van der Waals surface area (Å²) in [5.74, 6) is -0.484. The van der Waals surface area contributed by atoms with E-state index in [2.05, 4.69) is 0 Å². The maximum atomic E-state index is 13.7. The minimum atomic E-state index is -0.802. The molecule has 0 aliphatic heterocycles. The van der Waals surface area contributed by atoms with Crippen molar-refractivity contribution in [1.29, 1.82) is 0 Å². The van der Waals surface area contributed by atoms with Crippen LogP contribution in [-0.4, -0.2) is 18.7 Å². The Balaban J connectivity index is 2.40. The second-order valence-electron chi connectivity index (χ2n) is 6.05. The first kappa shape index (κ1) is 15.1. The van der Waals surface area contributed by atoms with Crippen molar-refractivity contribution in [3.8, 4) is 5.75 Å². The summed E-state index contributed by atoms with van der Waals surface area (Å²) < 4.78 is 24.4. The van der Waals surface area contributed by atoms with Crippen molar-refractivity contribution < 1.29 is 18.7 Å². The molecule has 1 aliphatic rings. The minimum Gasteiger partial charge on any atom is -0.496 e. The molecule has 0 saturated heterocycles. The Labute approximate surface area is 123 Å². The van der Waals surface area contributed by atoms with E-state index in [9.17, 15) is 9.18 Å². The zero-order chi connectivity index (χ0) is 15.1. The van der Waals surface area contributed by atoms with Gasteiger partial charge in [-0.2, -0.15) is 0 Å². The lowest BCUT2D eigenvalue weighted by Crippen LogP contribution is -2.32. The monoisotopic (exact) mass is 300 g/mol. The maximum absolute atomic E-state index is 13.7. The van der Waals surface area contributed by atoms with Crippen LogP contribution in [0.3, 0.4) is 0 Å². The third kappa shape index (κ3) is 2.75. The van der Waals surface area contributed by atoms with E-state index in [4.69, 9.17) is 21.1 Å². The Bertz CT molecular complexity index is 545. The van der Waals surface area contributed by atoms with Crippen LogP contribution in [0.5, 0.6) is 5.75 Å². The number of carbonyl (C=O) groups excluding carboxylic acids is 1. The second kappa shape index (κ2) is 4.92. The van der Waals surface area contributed by atoms with Crippen molar-refractivity contribution in [2.75, 3.05) is 7.11 Å². The van der Waals surface area contributed by atoms with Crippen molar-refractivity contribution >= 4 is 17.6 Å². The average molecular weight is 301 g/mol. The molecule has 0 bridgehead atoms. The van der Waals surface area contributed by atoms with Gasteiger partial charge in [-0.05, 0) is 39.7 Å². The minimum absolute atomic E-state index is 0.0226. The molecule has 3 nitrogen and oxygen atoms in total. The summed E-state index contributed by atoms with van der Waals surface area (Å²) in [5.41, 5.74) is -0.870. The molecule has 0 spiro atoms. The summed E-state index contributed by atoms with van der Waals surface area (Å²) in [6.07, 6.45) is 1.25. The third-order valence-electron chi connectivity index (χ3n) is 3.30. The van der Waals surface area contributed by atoms with Gasteiger partial charge in [-0.15, -0.1) is 0 Å². The standard InChI is InChI=1S/C15H18ClFO3/c1-14(2,3)20-13(18)15(5-6-15)9-7-11(17)10(16)8-12(9)19-4/h7-8H,5-6H2,1-4H3. The molecule has 0 aromatic heterocycles. The fourth-order valence-corrected chi connectivity index (χ4v) is 2.31. The molecule has 2 rings (SSSR count). The van der Waals surface area contributed by atoms with Crippen LogP contribution in [0, 0.1) is 5.82 Å². The molecule has 1 saturated carbocycles. The molecule has 0 unspecified atom stereocenters. The van der Waals surface area contributed by atoms with Crippen LogP contribution < -0.4 is 4.74 Å². The van der Waals surface area contributed by atoms with Crippen LogP contribution in [0.2, 0.25) is 5.02 Å². The van der Waals surface area contributed by atoms with Crippen LogP contribution in [-0.2, 0) is 14.9 Å². The fourth-order valence-electron chi connectivity index (χ4n) is 2.16. The molecule has 0 atom stereocenters. The molecule has 110 valence electrons. The zero-order valence-electron chi connectivity index (χ0n) is 12.0. The Morgan fingerprint density at radius 3 is 2.40 bits per heavy atom. The first-order valence-corrected chi connectivity index (χ1v) is 6.84. The molecule has 0 amide bonds. The maximum Gasteiger partial charge on any atom is 0.317 e. The van der Waals surface area contributed by atoms with Gasteiger partial charge in [-0.3, -0.25) is 4.79 Å². The number of hydrogen-bond acceptors (Lipinski definition) is 3. The van der Waals surface area contributed by atoms with Crippen LogP contribution in [0.15, 0.2) is 12.1 Å². The Hall–Kier alpha value is -1.29. The smallest absolute Gasteiger partial charge is 0.317 e. The molecule has 1 aromatic rings. The van der Waals surface area contributed by atoms with Gasteiger partial charge >= 0.3 is 5.97 Å². The quantitative estimate of drug-likeness (QED) is 0.795. The number of halogens is 2. The van der Waals surface area contributed by atoms with Gasteiger partial charge in [0.2, 0.25) is 0 Å². The Morgan fingerprint density at radius 2 is 1.95 bits per heavy atom. The number of rotatable bonds is 3. The summed E-state index contributed by atoms with van der Waals surface area (Å²) in [7, 11) is 1.47. The van der Waals surface area contributed by atoms with E-state index in [0.717, 1.165) is 0 Å². The number of benzene rings is 1. The van der Waals surface area contributed by atoms with Gasteiger partial charge in [0.05, 0.1) is 17.5 Å². The van der Waals surface area contributed by atoms with Gasteiger partial charge in [0.25, 0.3) is 0 Å². The first-order valence-electron chi connectivity index (χ1n) is 6.46. The van der Waals surface area contributed by atoms with Crippen molar-refractivity contribution in [3.05, 3.63) is 28.5 Å². The summed E-state index contributed by atoms with van der Waals surface area (Å²) in [5, 5.41) is -0.0226. The van der Waals surface area contributed by atoms with E-state index in [-0.39, 0.29) is 11.0 Å². The number of carbonyl (C=O) groups is 1. The number of methoxy groups -OCH3 is 1. The first-order chi connectivity index (χ1) is 9.19. The summed E-state index contributed by atoms with van der Waals surface area (Å²) in [6, 6.07) is 2.68. The highest BCUT2D eigenvalue weighted by Gasteiger charge is 2.55. The largest absolute Gasteiger partial charge is 0.496 e. The molecule has 0 heterocycles. The van der Waals surface area contributed by atoms with Crippen LogP contribution in [0.1, 0.15) is 39.2 Å². The van der Waals surface area contributed by atoms with Gasteiger partial charge in [0, 0.05) is 11.6 Å². The van der Waals surface area contributed by atoms with Gasteiger partial charge in [0.15, 0.2) is 0 Å². The predicted octanol–water partition coefficient (Wildman–Crippen LogP) is 3.86. The average Bonchev–Trinajstić information content (AvgIpc) is 3.11. The van der Waals surface area contributed by atoms with Crippen LogP contribution in [0.25, 0.3) is 0 Å². The molecule has 5 heteroatoms. The molecule has 1 aliphatic carbocycles. The van der Waals surface area contributed by atoms with Gasteiger partial charge in [-0.25, -0.2) is 4.39 Å². The van der Waals surface area contributed by atoms with E-state index in [1.807, 2.05) is 0 Å². The summed E-state index contributed by atoms with van der Waals surface area (Å²) in [6.45, 7) is 5.42. The summed E-state index contributed by atoms with van der Waals surface area (Å²) in [4.78, 5) is 12.4. The fraction of sp³-hybridized carbons (Fsp3) is 0.533. The van der Waals surface area contributed by atoms with Crippen molar-refractivity contribution in [1.82, 2.24) is 0 Å². The lowest BCUT2D eigenvalue weighted by Gasteiger charge is -2.25. The third-order valence-corrected chi connectivity index (χ3v) is 3.59. The van der Waals surface area contributed by atoms with Crippen molar-refractivity contribution in [2.24, 2.45) is 0 Å². The lowest BCUT2D eigenvalue weighted by molar-refractivity contribution is -0.158. The van der Waals surface area contributed by atoms with Crippen LogP contribution in [0.4, 0.5) is 4.39 Å². The summed E-state index contributed by atoms with van der Waals surface area (Å²) >= 11 is 5.75. The molecular formula is C15H18ClFO3. The Morgan fingerprint density at radius 1 is 1.35 bits per heavy atom. The SMILES string of the molecule is COc1cc(Cl)c(F)cc1C1(C(=O)OC(C)(C)C)CC1. The molecule has 0 N–H and O–H groups in total. The van der Waals surface area contributed by atoms with E-state index in [0.29, 0.717) is 24.2 Å². The predicted molar refractivity (Wildman–Crippen MR) is 74.7 cm³/mol. The molecular weight excluding hydrogens is 283 g/mol. The normalized spacial score (nSPS) is 16.7. The van der Waals surface area contributed by atoms with Crippen molar-refractivity contribution in [3.63, 3.8) is 0 Å². The Kier molecular flexibility index (Phi) is 3.71. The molecule has 0 radical (unpaired) electrons. The van der Waals surface area contributed by atoms with E-state index >= 15 is 0 Å². The van der Waals surface area contributed by atoms with Crippen LogP contribution >= 0.6 is 11.6 Å².